The van der Waals surface area contributed by atoms with Gasteiger partial charge in [0.05, 0.1) is 11.3 Å². The summed E-state index contributed by atoms with van der Waals surface area (Å²) >= 11 is 3.19. The molecule has 1 amide bonds. The molecule has 0 spiro atoms. The second-order valence-corrected chi connectivity index (χ2v) is 6.26. The first-order valence-electron chi connectivity index (χ1n) is 7.10. The van der Waals surface area contributed by atoms with Crippen LogP contribution in [0.2, 0.25) is 0 Å². The van der Waals surface area contributed by atoms with Crippen molar-refractivity contribution in [2.75, 3.05) is 12.3 Å². The van der Waals surface area contributed by atoms with Gasteiger partial charge in [-0.05, 0) is 40.4 Å². The molecule has 0 heterocycles. The molecule has 1 fully saturated rings. The summed E-state index contributed by atoms with van der Waals surface area (Å²) in [6.07, 6.45) is 7.49. The minimum Gasteiger partial charge on any atom is -0.396 e. The van der Waals surface area contributed by atoms with Crippen molar-refractivity contribution in [3.05, 3.63) is 28.0 Å². The fraction of sp³-hybridized carbons (Fsp3) is 0.533. The van der Waals surface area contributed by atoms with E-state index in [1.807, 2.05) is 0 Å². The molecule has 20 heavy (non-hydrogen) atoms. The number of nitrogens with one attached hydrogen (secondary N) is 1. The molecule has 0 saturated heterocycles. The Hall–Kier alpha value is -1.10. The third-order valence-electron chi connectivity index (χ3n) is 3.89. The third kappa shape index (κ3) is 3.95. The molecule has 0 bridgehead atoms. The normalized spacial score (nSPS) is 16.1. The number of rotatable bonds is 4. The highest BCUT2D eigenvalue weighted by atomic mass is 79.9. The molecule has 3 N–H and O–H groups in total. The second-order valence-electron chi connectivity index (χ2n) is 5.40. The lowest BCUT2D eigenvalue weighted by atomic mass is 9.87. The van der Waals surface area contributed by atoms with Crippen LogP contribution in [0, 0.1) is 11.7 Å². The Labute approximate surface area is 127 Å². The monoisotopic (exact) mass is 342 g/mol. The van der Waals surface area contributed by atoms with E-state index in [0.717, 1.165) is 12.3 Å². The van der Waals surface area contributed by atoms with Gasteiger partial charge in [0, 0.05) is 11.0 Å². The van der Waals surface area contributed by atoms with Gasteiger partial charge in [0.15, 0.2) is 0 Å². The fourth-order valence-electron chi connectivity index (χ4n) is 2.70. The minimum atomic E-state index is -0.518. The van der Waals surface area contributed by atoms with Gasteiger partial charge in [-0.15, -0.1) is 0 Å². The second kappa shape index (κ2) is 7.07. The first kappa shape index (κ1) is 15.3. The molecule has 1 saturated carbocycles. The Morgan fingerprint density at radius 2 is 2.05 bits per heavy atom. The maximum absolute atomic E-state index is 13.2. The Morgan fingerprint density at radius 1 is 1.35 bits per heavy atom. The van der Waals surface area contributed by atoms with E-state index in [2.05, 4.69) is 21.2 Å². The van der Waals surface area contributed by atoms with Crippen molar-refractivity contribution in [1.82, 2.24) is 5.32 Å². The van der Waals surface area contributed by atoms with E-state index in [-0.39, 0.29) is 11.6 Å². The Bertz CT molecular complexity index is 487. The summed E-state index contributed by atoms with van der Waals surface area (Å²) in [4.78, 5) is 12.1. The Morgan fingerprint density at radius 3 is 2.75 bits per heavy atom. The molecule has 2 rings (SSSR count). The summed E-state index contributed by atoms with van der Waals surface area (Å²) in [5, 5.41) is 2.89. The van der Waals surface area contributed by atoms with Crippen LogP contribution in [0.4, 0.5) is 10.1 Å². The molecule has 3 nitrogen and oxygen atoms in total. The van der Waals surface area contributed by atoms with Gasteiger partial charge in [0.25, 0.3) is 5.91 Å². The van der Waals surface area contributed by atoms with Gasteiger partial charge < -0.3 is 11.1 Å². The van der Waals surface area contributed by atoms with Crippen molar-refractivity contribution in [3.8, 4) is 0 Å². The van der Waals surface area contributed by atoms with E-state index in [9.17, 15) is 9.18 Å². The predicted molar refractivity (Wildman–Crippen MR) is 82.0 cm³/mol. The van der Waals surface area contributed by atoms with Crippen molar-refractivity contribution < 1.29 is 9.18 Å². The number of nitrogens with two attached hydrogens (primary N) is 1. The summed E-state index contributed by atoms with van der Waals surface area (Å²) < 4.78 is 13.7. The van der Waals surface area contributed by atoms with Crippen molar-refractivity contribution >= 4 is 27.5 Å². The van der Waals surface area contributed by atoms with Crippen LogP contribution >= 0.6 is 15.9 Å². The van der Waals surface area contributed by atoms with Crippen LogP contribution in [0.25, 0.3) is 0 Å². The quantitative estimate of drug-likeness (QED) is 0.816. The molecule has 0 aromatic heterocycles. The highest BCUT2D eigenvalue weighted by molar-refractivity contribution is 9.10. The number of carbonyl (C=O) groups is 1. The number of carbonyl (C=O) groups excluding carboxylic acids is 1. The van der Waals surface area contributed by atoms with E-state index in [4.69, 9.17) is 5.73 Å². The number of anilines is 1. The fourth-order valence-corrected chi connectivity index (χ4v) is 3.20. The summed E-state index contributed by atoms with van der Waals surface area (Å²) in [6.45, 7) is 0.660. The molecule has 1 aliphatic carbocycles. The van der Waals surface area contributed by atoms with Gasteiger partial charge in [-0.3, -0.25) is 4.79 Å². The van der Waals surface area contributed by atoms with Gasteiger partial charge in [0.1, 0.15) is 5.82 Å². The molecular weight excluding hydrogens is 323 g/mol. The van der Waals surface area contributed by atoms with E-state index in [0.29, 0.717) is 16.6 Å². The van der Waals surface area contributed by atoms with Gasteiger partial charge in [0.2, 0.25) is 0 Å². The highest BCUT2D eigenvalue weighted by Crippen LogP contribution is 2.26. The topological polar surface area (TPSA) is 55.1 Å². The Balaban J connectivity index is 1.87. The summed E-state index contributed by atoms with van der Waals surface area (Å²) in [5.41, 5.74) is 5.87. The highest BCUT2D eigenvalue weighted by Gasteiger charge is 2.15. The molecule has 1 aromatic carbocycles. The molecule has 0 atom stereocenters. The lowest BCUT2D eigenvalue weighted by Gasteiger charge is -2.21. The number of benzene rings is 1. The zero-order valence-corrected chi connectivity index (χ0v) is 13.0. The molecule has 110 valence electrons. The van der Waals surface area contributed by atoms with Gasteiger partial charge in [-0.1, -0.05) is 32.1 Å². The van der Waals surface area contributed by atoms with Crippen molar-refractivity contribution in [2.45, 2.75) is 38.5 Å². The number of nitrogen functional groups attached to an aromatic ring is 1. The average Bonchev–Trinajstić information content (AvgIpc) is 2.44. The predicted octanol–water partition coefficient (Wildman–Crippen LogP) is 3.87. The zero-order chi connectivity index (χ0) is 14.5. The van der Waals surface area contributed by atoms with Crippen molar-refractivity contribution in [1.29, 1.82) is 0 Å². The lowest BCUT2D eigenvalue weighted by molar-refractivity contribution is 0.0949. The van der Waals surface area contributed by atoms with E-state index < -0.39 is 5.82 Å². The van der Waals surface area contributed by atoms with Crippen LogP contribution in [0.5, 0.6) is 0 Å². The third-order valence-corrected chi connectivity index (χ3v) is 4.55. The van der Waals surface area contributed by atoms with Crippen molar-refractivity contribution in [3.63, 3.8) is 0 Å². The van der Waals surface area contributed by atoms with Crippen molar-refractivity contribution in [2.24, 2.45) is 5.92 Å². The molecule has 1 aromatic rings. The van der Waals surface area contributed by atoms with E-state index in [1.54, 1.807) is 0 Å². The molecular formula is C15H20BrFN2O. The molecule has 5 heteroatoms. The molecule has 1 aliphatic rings. The zero-order valence-electron chi connectivity index (χ0n) is 11.4. The number of hydrogen-bond donors (Lipinski definition) is 2. The summed E-state index contributed by atoms with van der Waals surface area (Å²) in [6, 6.07) is 2.60. The largest absolute Gasteiger partial charge is 0.396 e. The van der Waals surface area contributed by atoms with Crippen LogP contribution in [0.1, 0.15) is 48.9 Å². The minimum absolute atomic E-state index is 0.00868. The van der Waals surface area contributed by atoms with E-state index in [1.165, 1.54) is 44.2 Å². The van der Waals surface area contributed by atoms with Crippen LogP contribution in [0.3, 0.4) is 0 Å². The maximum atomic E-state index is 13.2. The van der Waals surface area contributed by atoms with E-state index >= 15 is 0 Å². The smallest absolute Gasteiger partial charge is 0.252 e. The summed E-state index contributed by atoms with van der Waals surface area (Å²) in [7, 11) is 0. The van der Waals surface area contributed by atoms with Crippen LogP contribution in [-0.2, 0) is 0 Å². The first-order chi connectivity index (χ1) is 9.58. The van der Waals surface area contributed by atoms with Crippen LogP contribution < -0.4 is 11.1 Å². The summed E-state index contributed by atoms with van der Waals surface area (Å²) in [5.74, 6) is 0.000734. The number of hydrogen-bond acceptors (Lipinski definition) is 2. The van der Waals surface area contributed by atoms with Crippen LogP contribution in [0.15, 0.2) is 16.6 Å². The Kier molecular flexibility index (Phi) is 5.40. The lowest BCUT2D eigenvalue weighted by Crippen LogP contribution is -2.27. The standard InChI is InChI=1S/C15H20BrFN2O/c16-12-9-13(17)14(18)8-11(12)15(20)19-7-6-10-4-2-1-3-5-10/h8-10H,1-7,18H2,(H,19,20). The number of halogens is 2. The van der Waals surface area contributed by atoms with Crippen LogP contribution in [-0.4, -0.2) is 12.5 Å². The van der Waals surface area contributed by atoms with Gasteiger partial charge in [-0.25, -0.2) is 4.39 Å². The first-order valence-corrected chi connectivity index (χ1v) is 7.90. The molecule has 0 radical (unpaired) electrons. The average molecular weight is 343 g/mol. The molecule has 0 aliphatic heterocycles. The number of amides is 1. The SMILES string of the molecule is Nc1cc(C(=O)NCCC2CCCCC2)c(Br)cc1F. The maximum Gasteiger partial charge on any atom is 0.252 e. The van der Waals surface area contributed by atoms with Gasteiger partial charge in [-0.2, -0.15) is 0 Å². The van der Waals surface area contributed by atoms with Gasteiger partial charge >= 0.3 is 0 Å². The molecule has 0 unspecified atom stereocenters.